The second-order valence-corrected chi connectivity index (χ2v) is 9.00. The number of hydrogen-bond donors (Lipinski definition) is 4. The Morgan fingerprint density at radius 3 is 2.57 bits per heavy atom. The summed E-state index contributed by atoms with van der Waals surface area (Å²) < 4.78 is 10.9. The summed E-state index contributed by atoms with van der Waals surface area (Å²) in [6.45, 7) is 4.06. The first kappa shape index (κ1) is 22.5. The Labute approximate surface area is 202 Å². The van der Waals surface area contributed by atoms with E-state index in [1.54, 1.807) is 18.2 Å². The van der Waals surface area contributed by atoms with Crippen molar-refractivity contribution in [3.05, 3.63) is 82.9 Å². The number of amides is 1. The highest BCUT2D eigenvalue weighted by atomic mass is 16.7. The highest BCUT2D eigenvalue weighted by Crippen LogP contribution is 2.35. The van der Waals surface area contributed by atoms with Crippen molar-refractivity contribution in [2.45, 2.75) is 25.8 Å². The second-order valence-electron chi connectivity index (χ2n) is 9.00. The van der Waals surface area contributed by atoms with Crippen LogP contribution in [-0.4, -0.2) is 28.5 Å². The Balaban J connectivity index is 1.38. The third-order valence-electron chi connectivity index (χ3n) is 6.26. The van der Waals surface area contributed by atoms with Crippen molar-refractivity contribution in [1.82, 2.24) is 4.98 Å². The molecule has 6 N–H and O–H groups in total. The highest BCUT2D eigenvalue weighted by molar-refractivity contribution is 6.13. The van der Waals surface area contributed by atoms with Gasteiger partial charge in [-0.05, 0) is 67.8 Å². The van der Waals surface area contributed by atoms with Crippen molar-refractivity contribution in [2.24, 2.45) is 16.5 Å². The van der Waals surface area contributed by atoms with Crippen molar-refractivity contribution < 1.29 is 19.4 Å². The molecule has 5 rings (SSSR count). The summed E-state index contributed by atoms with van der Waals surface area (Å²) in [5.74, 6) is 0.945. The lowest BCUT2D eigenvalue weighted by atomic mass is 9.86. The van der Waals surface area contributed by atoms with Gasteiger partial charge in [-0.1, -0.05) is 24.3 Å². The van der Waals surface area contributed by atoms with Crippen LogP contribution in [0.2, 0.25) is 0 Å². The number of nitrogens with one attached hydrogen (secondary N) is 1. The van der Waals surface area contributed by atoms with Gasteiger partial charge < -0.3 is 31.0 Å². The number of H-pyrrole nitrogens is 1. The van der Waals surface area contributed by atoms with Gasteiger partial charge in [-0.2, -0.15) is 0 Å². The number of ether oxygens (including phenoxy) is 2. The summed E-state index contributed by atoms with van der Waals surface area (Å²) >= 11 is 0. The number of hydrogen-bond acceptors (Lipinski definition) is 6. The van der Waals surface area contributed by atoms with Crippen LogP contribution in [0.15, 0.2) is 65.7 Å². The second kappa shape index (κ2) is 8.48. The quantitative estimate of drug-likeness (QED) is 0.312. The molecule has 0 radical (unpaired) electrons. The fourth-order valence-electron chi connectivity index (χ4n) is 4.45. The van der Waals surface area contributed by atoms with E-state index in [2.05, 4.69) is 4.98 Å². The maximum Gasteiger partial charge on any atom is 0.248 e. The van der Waals surface area contributed by atoms with Crippen LogP contribution in [-0.2, 0) is 12.0 Å². The van der Waals surface area contributed by atoms with E-state index in [4.69, 9.17) is 25.9 Å². The fraction of sp³-hybridized carbons (Fsp3) is 0.185. The van der Waals surface area contributed by atoms with Crippen molar-refractivity contribution in [3.8, 4) is 17.4 Å². The molecule has 35 heavy (non-hydrogen) atoms. The number of primary amides is 1. The number of nitrogens with two attached hydrogens (primary N) is 2. The van der Waals surface area contributed by atoms with Gasteiger partial charge in [0, 0.05) is 22.0 Å². The number of aliphatic imine (C=N–C) groups is 1. The number of carbonyl (C=O) groups excluding carboxylic acids is 1. The number of aromatic nitrogens is 1. The number of fused-ring (bicyclic) bond motifs is 2. The van der Waals surface area contributed by atoms with Crippen LogP contribution in [0.25, 0.3) is 10.9 Å². The number of carbonyl (C=O) groups is 1. The SMILES string of the molecule is CC(=Nc1ccc(C(C)(N)Cc2ccc3c(c2)OCO3)cc1)c1c(O)[nH]c2cc(C(N)=O)ccc12. The molecule has 0 spiro atoms. The predicted molar refractivity (Wildman–Crippen MR) is 135 cm³/mol. The van der Waals surface area contributed by atoms with Crippen molar-refractivity contribution in [2.75, 3.05) is 6.79 Å². The average molecular weight is 471 g/mol. The van der Waals surface area contributed by atoms with Gasteiger partial charge in [0.1, 0.15) is 0 Å². The third kappa shape index (κ3) is 4.31. The van der Waals surface area contributed by atoms with Gasteiger partial charge >= 0.3 is 0 Å². The molecular formula is C27H26N4O4. The van der Waals surface area contributed by atoms with Crippen molar-refractivity contribution in [1.29, 1.82) is 0 Å². The Hall–Kier alpha value is -4.30. The van der Waals surface area contributed by atoms with Gasteiger partial charge in [0.2, 0.25) is 12.7 Å². The van der Waals surface area contributed by atoms with Crippen LogP contribution in [0.3, 0.4) is 0 Å². The zero-order valence-corrected chi connectivity index (χ0v) is 19.5. The molecule has 4 aromatic rings. The lowest BCUT2D eigenvalue weighted by molar-refractivity contribution is 0.100. The van der Waals surface area contributed by atoms with Crippen LogP contribution in [0, 0.1) is 0 Å². The molecule has 178 valence electrons. The summed E-state index contributed by atoms with van der Waals surface area (Å²) in [5.41, 5.74) is 16.4. The number of rotatable bonds is 6. The third-order valence-corrected chi connectivity index (χ3v) is 6.26. The van der Waals surface area contributed by atoms with Gasteiger partial charge in [-0.3, -0.25) is 9.79 Å². The molecule has 1 amide bonds. The van der Waals surface area contributed by atoms with Crippen LogP contribution in [0.1, 0.15) is 40.9 Å². The zero-order valence-electron chi connectivity index (χ0n) is 19.5. The fourth-order valence-corrected chi connectivity index (χ4v) is 4.45. The topological polar surface area (TPSA) is 136 Å². The molecule has 1 atom stereocenters. The molecular weight excluding hydrogens is 444 g/mol. The van der Waals surface area contributed by atoms with Gasteiger partial charge in [0.15, 0.2) is 17.4 Å². The van der Waals surface area contributed by atoms with Gasteiger partial charge in [0.05, 0.1) is 17.0 Å². The van der Waals surface area contributed by atoms with E-state index in [1.807, 2.05) is 56.3 Å². The zero-order chi connectivity index (χ0) is 24.7. The van der Waals surface area contributed by atoms with E-state index >= 15 is 0 Å². The van der Waals surface area contributed by atoms with Crippen LogP contribution in [0.5, 0.6) is 17.4 Å². The molecule has 2 heterocycles. The molecule has 1 aliphatic heterocycles. The maximum atomic E-state index is 11.5. The molecule has 1 aromatic heterocycles. The van der Waals surface area contributed by atoms with E-state index in [1.165, 1.54) is 0 Å². The molecule has 0 saturated heterocycles. The minimum Gasteiger partial charge on any atom is -0.494 e. The smallest absolute Gasteiger partial charge is 0.248 e. The molecule has 8 heteroatoms. The predicted octanol–water partition coefficient (Wildman–Crippen LogP) is 4.26. The Kier molecular flexibility index (Phi) is 5.45. The Bertz CT molecular complexity index is 1470. The molecule has 0 saturated carbocycles. The van der Waals surface area contributed by atoms with E-state index in [9.17, 15) is 9.90 Å². The van der Waals surface area contributed by atoms with E-state index in [0.29, 0.717) is 28.8 Å². The Morgan fingerprint density at radius 2 is 1.83 bits per heavy atom. The van der Waals surface area contributed by atoms with Gasteiger partial charge in [0.25, 0.3) is 0 Å². The largest absolute Gasteiger partial charge is 0.494 e. The molecule has 8 nitrogen and oxygen atoms in total. The first-order chi connectivity index (χ1) is 16.7. The van der Waals surface area contributed by atoms with Crippen molar-refractivity contribution in [3.63, 3.8) is 0 Å². The molecule has 1 unspecified atom stereocenters. The highest BCUT2D eigenvalue weighted by Gasteiger charge is 2.23. The van der Waals surface area contributed by atoms with E-state index in [-0.39, 0.29) is 12.7 Å². The average Bonchev–Trinajstić information content (AvgIpc) is 3.41. The standard InChI is InChI=1S/C27H26N4O4/c1-15(24-20-9-4-17(25(28)32)12-21(20)31-26(24)33)30-19-7-5-18(6-8-19)27(2,29)13-16-3-10-22-23(11-16)35-14-34-22/h3-12,31,33H,13-14,29H2,1-2H3,(H2,28,32). The molecule has 3 aromatic carbocycles. The maximum absolute atomic E-state index is 11.5. The van der Waals surface area contributed by atoms with E-state index in [0.717, 1.165) is 33.7 Å². The lowest BCUT2D eigenvalue weighted by Gasteiger charge is -2.25. The molecule has 0 aliphatic carbocycles. The summed E-state index contributed by atoms with van der Waals surface area (Å²) in [6, 6.07) is 18.6. The first-order valence-corrected chi connectivity index (χ1v) is 11.2. The number of aromatic hydroxyl groups is 1. The summed E-state index contributed by atoms with van der Waals surface area (Å²) in [7, 11) is 0. The van der Waals surface area contributed by atoms with Gasteiger partial charge in [-0.15, -0.1) is 0 Å². The van der Waals surface area contributed by atoms with Crippen LogP contribution >= 0.6 is 0 Å². The number of aromatic amines is 1. The number of nitrogens with zero attached hydrogens (tertiary/aromatic N) is 1. The lowest BCUT2D eigenvalue weighted by Crippen LogP contribution is -2.35. The van der Waals surface area contributed by atoms with Crippen LogP contribution in [0.4, 0.5) is 5.69 Å². The van der Waals surface area contributed by atoms with Gasteiger partial charge in [-0.25, -0.2) is 0 Å². The molecule has 0 fully saturated rings. The Morgan fingerprint density at radius 1 is 1.09 bits per heavy atom. The summed E-state index contributed by atoms with van der Waals surface area (Å²) in [6.07, 6.45) is 0.627. The summed E-state index contributed by atoms with van der Waals surface area (Å²) in [5, 5.41) is 11.2. The number of benzene rings is 3. The van der Waals surface area contributed by atoms with Crippen LogP contribution < -0.4 is 20.9 Å². The summed E-state index contributed by atoms with van der Waals surface area (Å²) in [4.78, 5) is 19.0. The van der Waals surface area contributed by atoms with Crippen molar-refractivity contribution >= 4 is 28.2 Å². The minimum atomic E-state index is -0.599. The molecule has 0 bridgehead atoms. The van der Waals surface area contributed by atoms with E-state index < -0.39 is 11.4 Å². The minimum absolute atomic E-state index is 0.0160. The normalized spacial score (nSPS) is 14.8. The first-order valence-electron chi connectivity index (χ1n) is 11.2. The molecule has 1 aliphatic rings. The monoisotopic (exact) mass is 470 g/mol.